The van der Waals surface area contributed by atoms with Crippen LogP contribution in [-0.2, 0) is 12.8 Å². The first-order valence-electron chi connectivity index (χ1n) is 5.57. The fourth-order valence-corrected chi connectivity index (χ4v) is 2.70. The molecule has 0 aliphatic rings. The molecule has 1 heterocycles. The maximum Gasteiger partial charge on any atom is 0.0897 e. The summed E-state index contributed by atoms with van der Waals surface area (Å²) in [5.41, 5.74) is 1.91. The molecule has 2 aromatic rings. The molecular formula is C13H13Cl2NOS. The van der Waals surface area contributed by atoms with Crippen molar-refractivity contribution in [3.05, 3.63) is 49.9 Å². The third-order valence-corrected chi connectivity index (χ3v) is 4.13. The molecule has 0 spiro atoms. The molecule has 0 aliphatic heterocycles. The van der Waals surface area contributed by atoms with E-state index in [4.69, 9.17) is 23.2 Å². The Bertz CT molecular complexity index is 542. The second-order valence-corrected chi connectivity index (χ2v) is 6.05. The zero-order valence-electron chi connectivity index (χ0n) is 9.86. The van der Waals surface area contributed by atoms with Crippen LogP contribution < -0.4 is 0 Å². The van der Waals surface area contributed by atoms with Gasteiger partial charge in [-0.2, -0.15) is 0 Å². The molecule has 96 valence electrons. The van der Waals surface area contributed by atoms with E-state index in [-0.39, 0.29) is 0 Å². The average Bonchev–Trinajstić information content (AvgIpc) is 2.69. The van der Waals surface area contributed by atoms with Gasteiger partial charge in [0.1, 0.15) is 0 Å². The number of halogens is 2. The topological polar surface area (TPSA) is 33.1 Å². The number of benzene rings is 1. The van der Waals surface area contributed by atoms with Gasteiger partial charge < -0.3 is 5.11 Å². The Balaban J connectivity index is 1.98. The largest absolute Gasteiger partial charge is 0.392 e. The Morgan fingerprint density at radius 2 is 2.06 bits per heavy atom. The predicted molar refractivity (Wildman–Crippen MR) is 76.7 cm³/mol. The molecule has 0 radical (unpaired) electrons. The van der Waals surface area contributed by atoms with E-state index in [0.717, 1.165) is 16.3 Å². The van der Waals surface area contributed by atoms with E-state index in [1.165, 1.54) is 0 Å². The fraction of sp³-hybridized carbons (Fsp3) is 0.308. The Hall–Kier alpha value is -0.610. The smallest absolute Gasteiger partial charge is 0.0897 e. The number of aryl methyl sites for hydroxylation is 1. The molecule has 18 heavy (non-hydrogen) atoms. The summed E-state index contributed by atoms with van der Waals surface area (Å²) >= 11 is 13.4. The number of nitrogens with zero attached hydrogens (tertiary/aromatic N) is 1. The maximum absolute atomic E-state index is 10.0. The standard InChI is InChI=1S/C13H13Cl2NOS/c1-8-16-10(7-18-8)6-11(17)4-9-2-3-12(14)13(15)5-9/h2-3,5,7,11,17H,4,6H2,1H3. The summed E-state index contributed by atoms with van der Waals surface area (Å²) in [4.78, 5) is 4.34. The van der Waals surface area contributed by atoms with Crippen molar-refractivity contribution in [2.75, 3.05) is 0 Å². The Morgan fingerprint density at radius 1 is 1.28 bits per heavy atom. The number of hydrogen-bond donors (Lipinski definition) is 1. The van der Waals surface area contributed by atoms with Crippen LogP contribution >= 0.6 is 34.5 Å². The lowest BCUT2D eigenvalue weighted by molar-refractivity contribution is 0.174. The molecule has 1 N–H and O–H groups in total. The van der Waals surface area contributed by atoms with Crippen molar-refractivity contribution in [3.63, 3.8) is 0 Å². The highest BCUT2D eigenvalue weighted by molar-refractivity contribution is 7.09. The normalized spacial score (nSPS) is 12.7. The molecule has 0 aliphatic carbocycles. The average molecular weight is 302 g/mol. The van der Waals surface area contributed by atoms with Crippen molar-refractivity contribution >= 4 is 34.5 Å². The van der Waals surface area contributed by atoms with Gasteiger partial charge in [-0.05, 0) is 31.0 Å². The van der Waals surface area contributed by atoms with Crippen LogP contribution in [0.2, 0.25) is 10.0 Å². The molecule has 1 aromatic carbocycles. The molecule has 0 bridgehead atoms. The van der Waals surface area contributed by atoms with E-state index < -0.39 is 6.10 Å². The Kier molecular flexibility index (Phi) is 4.62. The van der Waals surface area contributed by atoms with Gasteiger partial charge in [0.05, 0.1) is 26.9 Å². The predicted octanol–water partition coefficient (Wildman–Crippen LogP) is 3.90. The number of aliphatic hydroxyl groups is 1. The van der Waals surface area contributed by atoms with E-state index in [0.29, 0.717) is 22.9 Å². The van der Waals surface area contributed by atoms with Crippen LogP contribution in [0.5, 0.6) is 0 Å². The number of hydrogen-bond acceptors (Lipinski definition) is 3. The highest BCUT2D eigenvalue weighted by Gasteiger charge is 2.10. The molecule has 0 amide bonds. The van der Waals surface area contributed by atoms with Gasteiger partial charge in [0.15, 0.2) is 0 Å². The van der Waals surface area contributed by atoms with E-state index in [1.54, 1.807) is 23.5 Å². The van der Waals surface area contributed by atoms with Crippen molar-refractivity contribution < 1.29 is 5.11 Å². The summed E-state index contributed by atoms with van der Waals surface area (Å²) in [6.07, 6.45) is 0.654. The minimum absolute atomic E-state index is 0.455. The molecule has 5 heteroatoms. The molecule has 0 fully saturated rings. The summed E-state index contributed by atoms with van der Waals surface area (Å²) in [6, 6.07) is 5.42. The molecular weight excluding hydrogens is 289 g/mol. The van der Waals surface area contributed by atoms with E-state index in [9.17, 15) is 5.11 Å². The molecule has 2 rings (SSSR count). The van der Waals surface area contributed by atoms with Gasteiger partial charge in [-0.1, -0.05) is 29.3 Å². The van der Waals surface area contributed by atoms with Gasteiger partial charge in [0, 0.05) is 11.8 Å². The summed E-state index contributed by atoms with van der Waals surface area (Å²) in [6.45, 7) is 1.96. The maximum atomic E-state index is 10.0. The van der Waals surface area contributed by atoms with Crippen molar-refractivity contribution in [2.45, 2.75) is 25.9 Å². The first-order chi connectivity index (χ1) is 8.54. The minimum Gasteiger partial charge on any atom is -0.392 e. The van der Waals surface area contributed by atoms with Crippen LogP contribution in [0, 0.1) is 6.92 Å². The van der Waals surface area contributed by atoms with Gasteiger partial charge in [-0.3, -0.25) is 0 Å². The number of aromatic nitrogens is 1. The SMILES string of the molecule is Cc1nc(CC(O)Cc2ccc(Cl)c(Cl)c2)cs1. The van der Waals surface area contributed by atoms with Crippen LogP contribution in [0.3, 0.4) is 0 Å². The van der Waals surface area contributed by atoms with Crippen molar-refractivity contribution in [1.82, 2.24) is 4.98 Å². The molecule has 0 saturated carbocycles. The van der Waals surface area contributed by atoms with Gasteiger partial charge in [-0.15, -0.1) is 11.3 Å². The summed E-state index contributed by atoms with van der Waals surface area (Å²) < 4.78 is 0. The quantitative estimate of drug-likeness (QED) is 0.929. The Morgan fingerprint density at radius 3 is 2.67 bits per heavy atom. The van der Waals surface area contributed by atoms with Crippen molar-refractivity contribution in [1.29, 1.82) is 0 Å². The number of rotatable bonds is 4. The third kappa shape index (κ3) is 3.69. The van der Waals surface area contributed by atoms with Gasteiger partial charge in [0.25, 0.3) is 0 Å². The van der Waals surface area contributed by atoms with Crippen LogP contribution in [0.1, 0.15) is 16.3 Å². The van der Waals surface area contributed by atoms with E-state index in [2.05, 4.69) is 4.98 Å². The first kappa shape index (κ1) is 13.8. The monoisotopic (exact) mass is 301 g/mol. The second kappa shape index (κ2) is 6.02. The second-order valence-electron chi connectivity index (χ2n) is 4.17. The Labute approximate surface area is 120 Å². The summed E-state index contributed by atoms with van der Waals surface area (Å²) in [7, 11) is 0. The molecule has 1 unspecified atom stereocenters. The van der Waals surface area contributed by atoms with E-state index in [1.807, 2.05) is 18.4 Å². The lowest BCUT2D eigenvalue weighted by Gasteiger charge is -2.09. The van der Waals surface area contributed by atoms with E-state index >= 15 is 0 Å². The molecule has 1 atom stereocenters. The van der Waals surface area contributed by atoms with Crippen LogP contribution in [0.4, 0.5) is 0 Å². The minimum atomic E-state index is -0.455. The zero-order chi connectivity index (χ0) is 13.1. The van der Waals surface area contributed by atoms with Crippen LogP contribution in [0.25, 0.3) is 0 Å². The molecule has 1 aromatic heterocycles. The highest BCUT2D eigenvalue weighted by Crippen LogP contribution is 2.23. The summed E-state index contributed by atoms with van der Waals surface area (Å²) in [5, 5.41) is 14.1. The lowest BCUT2D eigenvalue weighted by atomic mass is 10.0. The number of aliphatic hydroxyl groups excluding tert-OH is 1. The van der Waals surface area contributed by atoms with Gasteiger partial charge in [0.2, 0.25) is 0 Å². The number of thiazole rings is 1. The van der Waals surface area contributed by atoms with Crippen molar-refractivity contribution in [3.8, 4) is 0 Å². The molecule has 2 nitrogen and oxygen atoms in total. The van der Waals surface area contributed by atoms with Crippen LogP contribution in [0.15, 0.2) is 23.6 Å². The summed E-state index contributed by atoms with van der Waals surface area (Å²) in [5.74, 6) is 0. The van der Waals surface area contributed by atoms with Gasteiger partial charge in [-0.25, -0.2) is 4.98 Å². The highest BCUT2D eigenvalue weighted by atomic mass is 35.5. The fourth-order valence-electron chi connectivity index (χ4n) is 1.75. The van der Waals surface area contributed by atoms with Crippen molar-refractivity contribution in [2.24, 2.45) is 0 Å². The molecule has 0 saturated heterocycles. The zero-order valence-corrected chi connectivity index (χ0v) is 12.2. The van der Waals surface area contributed by atoms with Gasteiger partial charge >= 0.3 is 0 Å². The third-order valence-electron chi connectivity index (χ3n) is 2.57. The first-order valence-corrected chi connectivity index (χ1v) is 7.21. The lowest BCUT2D eigenvalue weighted by Crippen LogP contribution is -2.14. The van der Waals surface area contributed by atoms with Crippen LogP contribution in [-0.4, -0.2) is 16.2 Å².